The van der Waals surface area contributed by atoms with Crippen molar-refractivity contribution in [3.8, 4) is 5.75 Å². The van der Waals surface area contributed by atoms with Gasteiger partial charge in [-0.2, -0.15) is 0 Å². The number of aliphatic imine (C=N–C) groups is 1. The molecule has 8 N–H and O–H groups in total. The SMILES string of the molecule is CC(=O)OCC1=C(C(=O)[O-])N2C(=O)C(NC(=O)C(c3ccc(O)cc3)N(C(N)=O)C3=C(Nc4ccccc4)N=C(C)N(N)C3(C)O)[C@@H]2SC1.[Na+]. The van der Waals surface area contributed by atoms with Crippen LogP contribution in [0.2, 0.25) is 0 Å². The van der Waals surface area contributed by atoms with Crippen LogP contribution < -0.4 is 56.9 Å². The monoisotopic (exact) mass is 716 g/mol. The number of amides is 4. The Morgan fingerprint density at radius 2 is 1.82 bits per heavy atom. The number of rotatable bonds is 10. The Labute approximate surface area is 312 Å². The summed E-state index contributed by atoms with van der Waals surface area (Å²) in [6.07, 6.45) is 0. The van der Waals surface area contributed by atoms with Crippen LogP contribution in [0.1, 0.15) is 32.4 Å². The number of hydrogen-bond acceptors (Lipinski definition) is 14. The fraction of sp³-hybridized carbons (Fsp3) is 0.290. The molecule has 17 nitrogen and oxygen atoms in total. The number of aromatic hydroxyl groups is 1. The smallest absolute Gasteiger partial charge is 0.543 e. The van der Waals surface area contributed by atoms with E-state index >= 15 is 0 Å². The van der Waals surface area contributed by atoms with Crippen LogP contribution in [-0.2, 0) is 23.9 Å². The number of amidine groups is 1. The number of primary amides is 1. The first-order valence-electron chi connectivity index (χ1n) is 14.7. The quantitative estimate of drug-likeness (QED) is 0.0602. The Kier molecular flexibility index (Phi) is 11.6. The first kappa shape index (κ1) is 38.2. The van der Waals surface area contributed by atoms with Gasteiger partial charge < -0.3 is 41.2 Å². The maximum Gasteiger partial charge on any atom is 1.00 e. The third kappa shape index (κ3) is 7.30. The van der Waals surface area contributed by atoms with Crippen LogP contribution in [-0.4, -0.2) is 90.1 Å². The number of aliphatic carboxylic acids is 1. The number of carbonyl (C=O) groups excluding carboxylic acids is 5. The van der Waals surface area contributed by atoms with E-state index in [1.165, 1.54) is 38.1 Å². The van der Waals surface area contributed by atoms with Crippen LogP contribution in [0.5, 0.6) is 5.75 Å². The number of hydrazine groups is 1. The maximum absolute atomic E-state index is 14.3. The summed E-state index contributed by atoms with van der Waals surface area (Å²) in [6, 6.07) is 9.65. The molecular weight excluding hydrogens is 683 g/mol. The molecule has 0 aromatic heterocycles. The van der Waals surface area contributed by atoms with Gasteiger partial charge in [-0.15, -0.1) is 11.8 Å². The number of phenols is 1. The van der Waals surface area contributed by atoms with Gasteiger partial charge in [0, 0.05) is 23.9 Å². The summed E-state index contributed by atoms with van der Waals surface area (Å²) in [5, 5.41) is 39.5. The average Bonchev–Trinajstić information content (AvgIpc) is 3.05. The molecule has 0 bridgehead atoms. The average molecular weight is 717 g/mol. The summed E-state index contributed by atoms with van der Waals surface area (Å²) >= 11 is 1.11. The predicted molar refractivity (Wildman–Crippen MR) is 173 cm³/mol. The molecule has 2 aromatic carbocycles. The van der Waals surface area contributed by atoms with Crippen molar-refractivity contribution in [1.29, 1.82) is 0 Å². The van der Waals surface area contributed by atoms with Gasteiger partial charge in [0.1, 0.15) is 41.3 Å². The number of aliphatic hydroxyl groups is 1. The zero-order chi connectivity index (χ0) is 35.8. The van der Waals surface area contributed by atoms with Crippen molar-refractivity contribution in [3.05, 3.63) is 82.9 Å². The van der Waals surface area contributed by atoms with Gasteiger partial charge in [-0.1, -0.05) is 30.3 Å². The number of benzene rings is 2. The number of carboxylic acids is 1. The number of urea groups is 1. The number of nitrogens with two attached hydrogens (primary N) is 2. The van der Waals surface area contributed by atoms with E-state index in [0.29, 0.717) is 5.69 Å². The number of fused-ring (bicyclic) bond motifs is 1. The number of phenolic OH excluding ortho intramolecular Hbond substituents is 1. The minimum absolute atomic E-state index is 0. The molecule has 5 rings (SSSR count). The number of thioether (sulfide) groups is 1. The van der Waals surface area contributed by atoms with Crippen molar-refractivity contribution in [1.82, 2.24) is 20.1 Å². The molecule has 3 aliphatic heterocycles. The number of nitrogens with one attached hydrogen (secondary N) is 2. The van der Waals surface area contributed by atoms with Crippen molar-refractivity contribution in [2.45, 2.75) is 44.0 Å². The van der Waals surface area contributed by atoms with Gasteiger partial charge in [-0.3, -0.25) is 29.2 Å². The first-order valence-corrected chi connectivity index (χ1v) is 15.8. The molecule has 0 aliphatic carbocycles. The number of carboxylic acid groups (broad SMARTS) is 1. The standard InChI is InChI=1S/C31H34N8O9S.Na/c1-15-34-25(35-19-7-5-4-6-8-19)24(31(3,47)39(15)33)37(30(32)46)22(17-9-11-20(41)12-10-17)26(42)36-21-27(43)38-23(29(44)45)18(13-48-16(2)40)14-49-28(21)38;/h4-12,21-22,28,35,41,47H,13-14,33H2,1-3H3,(H2,32,46)(H,36,42)(H,44,45);/q;+1/p-1/t21?,22?,28-,31?;/m0./s1. The van der Waals surface area contributed by atoms with Crippen LogP contribution in [0, 0.1) is 0 Å². The molecule has 0 saturated carbocycles. The summed E-state index contributed by atoms with van der Waals surface area (Å²) in [6.45, 7) is 3.56. The van der Waals surface area contributed by atoms with Gasteiger partial charge in [0.15, 0.2) is 11.5 Å². The Morgan fingerprint density at radius 3 is 2.40 bits per heavy atom. The molecule has 0 spiro atoms. The number of nitrogens with zero attached hydrogens (tertiary/aromatic N) is 4. The summed E-state index contributed by atoms with van der Waals surface area (Å²) in [5.41, 5.74) is 3.69. The third-order valence-corrected chi connectivity index (χ3v) is 9.32. The maximum atomic E-state index is 14.3. The summed E-state index contributed by atoms with van der Waals surface area (Å²) in [7, 11) is 0. The van der Waals surface area contributed by atoms with Gasteiger partial charge in [-0.25, -0.2) is 15.6 Å². The van der Waals surface area contributed by atoms with Crippen LogP contribution in [0.15, 0.2) is 82.4 Å². The number of hydrogen-bond donors (Lipinski definition) is 6. The number of ether oxygens (including phenoxy) is 1. The second-order valence-electron chi connectivity index (χ2n) is 11.4. The number of carbonyl (C=O) groups is 5. The molecule has 1 fully saturated rings. The number of β-lactam (4-membered cyclic amide) rings is 1. The zero-order valence-corrected chi connectivity index (χ0v) is 30.3. The number of esters is 1. The molecule has 0 radical (unpaired) electrons. The van der Waals surface area contributed by atoms with E-state index in [-0.39, 0.29) is 76.2 Å². The van der Waals surface area contributed by atoms with Crippen LogP contribution in [0.4, 0.5) is 10.5 Å². The minimum Gasteiger partial charge on any atom is -0.543 e. The molecule has 19 heteroatoms. The molecule has 3 aliphatic rings. The van der Waals surface area contributed by atoms with Crippen molar-refractivity contribution in [2.75, 3.05) is 17.7 Å². The second-order valence-corrected chi connectivity index (χ2v) is 12.5. The van der Waals surface area contributed by atoms with E-state index in [0.717, 1.165) is 33.5 Å². The normalized spacial score (nSPS) is 21.9. The van der Waals surface area contributed by atoms with Crippen molar-refractivity contribution >= 4 is 53.1 Å². The largest absolute Gasteiger partial charge is 1.00 e. The Morgan fingerprint density at radius 1 is 1.18 bits per heavy atom. The molecule has 4 atom stereocenters. The summed E-state index contributed by atoms with van der Waals surface area (Å²) < 4.78 is 4.94. The van der Waals surface area contributed by atoms with Gasteiger partial charge in [0.2, 0.25) is 5.91 Å². The molecule has 3 unspecified atom stereocenters. The second kappa shape index (κ2) is 15.1. The Hall–Kier alpha value is -4.59. The first-order chi connectivity index (χ1) is 23.1. The number of para-hydroxylation sites is 1. The molecule has 50 heavy (non-hydrogen) atoms. The van der Waals surface area contributed by atoms with E-state index in [1.54, 1.807) is 30.3 Å². The topological polar surface area (TPSA) is 256 Å². The predicted octanol–water partition coefficient (Wildman–Crippen LogP) is -3.62. The molecule has 1 saturated heterocycles. The van der Waals surface area contributed by atoms with Gasteiger partial charge in [-0.05, 0) is 43.7 Å². The van der Waals surface area contributed by atoms with E-state index in [9.17, 15) is 39.3 Å². The Balaban J connectivity index is 0.00000562. The third-order valence-electron chi connectivity index (χ3n) is 7.98. The number of anilines is 1. The van der Waals surface area contributed by atoms with E-state index < -0.39 is 58.7 Å². The van der Waals surface area contributed by atoms with Crippen LogP contribution >= 0.6 is 11.8 Å². The van der Waals surface area contributed by atoms with Crippen LogP contribution in [0.25, 0.3) is 0 Å². The van der Waals surface area contributed by atoms with E-state index in [4.69, 9.17) is 16.3 Å². The van der Waals surface area contributed by atoms with Gasteiger partial charge >= 0.3 is 41.6 Å². The molecule has 2 aromatic rings. The van der Waals surface area contributed by atoms with Gasteiger partial charge in [0.05, 0.1) is 11.7 Å². The summed E-state index contributed by atoms with van der Waals surface area (Å²) in [5.74, 6) is 2.07. The fourth-order valence-electron chi connectivity index (χ4n) is 5.65. The summed E-state index contributed by atoms with van der Waals surface area (Å²) in [4.78, 5) is 70.7. The van der Waals surface area contributed by atoms with Gasteiger partial charge in [0.25, 0.3) is 5.91 Å². The molecule has 3 heterocycles. The minimum atomic E-state index is -2.21. The van der Waals surface area contributed by atoms with Crippen LogP contribution in [0.3, 0.4) is 0 Å². The molecule has 4 amide bonds. The van der Waals surface area contributed by atoms with Crippen molar-refractivity contribution < 1.29 is 73.6 Å². The van der Waals surface area contributed by atoms with E-state index in [2.05, 4.69) is 15.6 Å². The van der Waals surface area contributed by atoms with Crippen molar-refractivity contribution in [2.24, 2.45) is 16.6 Å². The Bertz CT molecular complexity index is 1800. The zero-order valence-electron chi connectivity index (χ0n) is 27.4. The molecular formula is C31H33N8NaO9S. The molecule has 258 valence electrons. The van der Waals surface area contributed by atoms with E-state index in [1.807, 2.05) is 0 Å². The fourth-order valence-corrected chi connectivity index (χ4v) is 6.98. The van der Waals surface area contributed by atoms with Crippen molar-refractivity contribution in [3.63, 3.8) is 0 Å².